The average Bonchev–Trinajstić information content (AvgIpc) is 2.53. The van der Waals surface area contributed by atoms with Crippen molar-refractivity contribution in [3.05, 3.63) is 52.6 Å². The molecule has 3 rings (SSSR count). The molecular formula is C18H18N2O2S. The van der Waals surface area contributed by atoms with E-state index in [-0.39, 0.29) is 17.6 Å². The molecule has 0 saturated carbocycles. The molecular weight excluding hydrogens is 308 g/mol. The second-order valence-electron chi connectivity index (χ2n) is 5.97. The molecule has 5 heteroatoms. The molecule has 0 saturated heterocycles. The highest BCUT2D eigenvalue weighted by molar-refractivity contribution is 7.98. The highest BCUT2D eigenvalue weighted by Gasteiger charge is 2.39. The van der Waals surface area contributed by atoms with E-state index in [1.54, 1.807) is 11.8 Å². The van der Waals surface area contributed by atoms with Crippen molar-refractivity contribution in [2.24, 2.45) is 11.7 Å². The number of rotatable bonds is 2. The first kappa shape index (κ1) is 15.7. The van der Waals surface area contributed by atoms with Gasteiger partial charge in [0.05, 0.1) is 5.92 Å². The largest absolute Gasteiger partial charge is 0.444 e. The van der Waals surface area contributed by atoms with Crippen LogP contribution in [0.4, 0.5) is 0 Å². The Morgan fingerprint density at radius 3 is 2.61 bits per heavy atom. The average molecular weight is 326 g/mol. The Morgan fingerprint density at radius 1 is 1.30 bits per heavy atom. The van der Waals surface area contributed by atoms with Gasteiger partial charge >= 0.3 is 0 Å². The van der Waals surface area contributed by atoms with Crippen LogP contribution in [0.5, 0.6) is 0 Å². The van der Waals surface area contributed by atoms with Gasteiger partial charge in [0.2, 0.25) is 5.88 Å². The van der Waals surface area contributed by atoms with Gasteiger partial charge in [-0.05, 0) is 29.9 Å². The Morgan fingerprint density at radius 2 is 2.00 bits per heavy atom. The summed E-state index contributed by atoms with van der Waals surface area (Å²) >= 11 is 1.65. The summed E-state index contributed by atoms with van der Waals surface area (Å²) in [4.78, 5) is 13.7. The number of thioether (sulfide) groups is 1. The van der Waals surface area contributed by atoms with Crippen LogP contribution in [0.3, 0.4) is 0 Å². The highest BCUT2D eigenvalue weighted by atomic mass is 32.2. The molecule has 118 valence electrons. The monoisotopic (exact) mass is 326 g/mol. The number of allylic oxidation sites excluding steroid dienone is 3. The molecule has 4 nitrogen and oxygen atoms in total. The lowest BCUT2D eigenvalue weighted by molar-refractivity contribution is -0.117. The molecule has 1 aliphatic heterocycles. The molecule has 1 aromatic rings. The molecule has 2 aliphatic rings. The zero-order chi connectivity index (χ0) is 16.6. The van der Waals surface area contributed by atoms with Gasteiger partial charge in [0.15, 0.2) is 5.78 Å². The van der Waals surface area contributed by atoms with Crippen LogP contribution in [0.15, 0.2) is 51.9 Å². The number of benzene rings is 1. The summed E-state index contributed by atoms with van der Waals surface area (Å²) in [5, 5.41) is 9.52. The van der Waals surface area contributed by atoms with Gasteiger partial charge in [-0.3, -0.25) is 4.79 Å². The second kappa shape index (κ2) is 6.13. The van der Waals surface area contributed by atoms with E-state index in [1.807, 2.05) is 37.4 Å². The van der Waals surface area contributed by atoms with Crippen LogP contribution in [0.2, 0.25) is 0 Å². The van der Waals surface area contributed by atoms with E-state index in [2.05, 4.69) is 6.07 Å². The van der Waals surface area contributed by atoms with Crippen molar-refractivity contribution in [1.82, 2.24) is 0 Å². The van der Waals surface area contributed by atoms with E-state index in [0.29, 0.717) is 29.7 Å². The van der Waals surface area contributed by atoms with Crippen LogP contribution in [0.25, 0.3) is 0 Å². The summed E-state index contributed by atoms with van der Waals surface area (Å²) < 4.78 is 5.62. The molecule has 0 bridgehead atoms. The minimum atomic E-state index is -0.417. The van der Waals surface area contributed by atoms with E-state index in [9.17, 15) is 10.1 Å². The van der Waals surface area contributed by atoms with Crippen molar-refractivity contribution in [3.8, 4) is 6.07 Å². The van der Waals surface area contributed by atoms with Crippen LogP contribution < -0.4 is 5.73 Å². The van der Waals surface area contributed by atoms with Gasteiger partial charge in [0, 0.05) is 23.3 Å². The first-order valence-corrected chi connectivity index (χ1v) is 8.75. The molecule has 0 radical (unpaired) electrons. The quantitative estimate of drug-likeness (QED) is 0.842. The van der Waals surface area contributed by atoms with Crippen molar-refractivity contribution in [1.29, 1.82) is 5.26 Å². The lowest BCUT2D eigenvalue weighted by Crippen LogP contribution is -2.29. The molecule has 2 N–H and O–H groups in total. The van der Waals surface area contributed by atoms with Crippen molar-refractivity contribution >= 4 is 17.5 Å². The molecule has 0 aromatic heterocycles. The van der Waals surface area contributed by atoms with Gasteiger partial charge in [-0.25, -0.2) is 0 Å². The fourth-order valence-corrected chi connectivity index (χ4v) is 3.63. The third kappa shape index (κ3) is 2.75. The standard InChI is InChI=1S/C18H18N2O2S/c1-10-7-14(21)17-15(8-10)22-18(20)13(9-19)16(17)11-3-5-12(23-2)6-4-11/h3-6,10,16H,7-8,20H2,1-2H3/t10-,16+/m0/s1. The van der Waals surface area contributed by atoms with Gasteiger partial charge in [-0.15, -0.1) is 11.8 Å². The fourth-order valence-electron chi connectivity index (χ4n) is 3.22. The maximum atomic E-state index is 12.6. The summed E-state index contributed by atoms with van der Waals surface area (Å²) in [7, 11) is 0. The van der Waals surface area contributed by atoms with Crippen molar-refractivity contribution in [2.75, 3.05) is 6.26 Å². The minimum Gasteiger partial charge on any atom is -0.444 e. The predicted molar refractivity (Wildman–Crippen MR) is 89.3 cm³/mol. The number of ketones is 1. The SMILES string of the molecule is CSc1ccc([C@@H]2C(C#N)=C(N)OC3=C2C(=O)C[C@H](C)C3)cc1. The van der Waals surface area contributed by atoms with E-state index in [4.69, 9.17) is 10.5 Å². The van der Waals surface area contributed by atoms with Crippen LogP contribution in [0.1, 0.15) is 31.2 Å². The van der Waals surface area contributed by atoms with E-state index in [1.165, 1.54) is 0 Å². The molecule has 1 aromatic carbocycles. The van der Waals surface area contributed by atoms with Gasteiger partial charge in [0.1, 0.15) is 17.4 Å². The number of nitrogens with zero attached hydrogens (tertiary/aromatic N) is 1. The molecule has 0 unspecified atom stereocenters. The lowest BCUT2D eigenvalue weighted by atomic mass is 9.75. The van der Waals surface area contributed by atoms with Gasteiger partial charge in [-0.2, -0.15) is 5.26 Å². The van der Waals surface area contributed by atoms with E-state index < -0.39 is 5.92 Å². The molecule has 0 amide bonds. The first-order chi connectivity index (χ1) is 11.0. The number of hydrogen-bond acceptors (Lipinski definition) is 5. The fraction of sp³-hybridized carbons (Fsp3) is 0.333. The Hall–Kier alpha value is -2.19. The summed E-state index contributed by atoms with van der Waals surface area (Å²) in [6.07, 6.45) is 3.18. The predicted octanol–water partition coefficient (Wildman–Crippen LogP) is 3.47. The van der Waals surface area contributed by atoms with Crippen LogP contribution in [-0.4, -0.2) is 12.0 Å². The maximum absolute atomic E-state index is 12.6. The molecule has 1 aliphatic carbocycles. The van der Waals surface area contributed by atoms with Gasteiger partial charge < -0.3 is 10.5 Å². The molecule has 2 atom stereocenters. The van der Waals surface area contributed by atoms with Crippen LogP contribution in [0, 0.1) is 17.2 Å². The highest BCUT2D eigenvalue weighted by Crippen LogP contribution is 2.44. The van der Waals surface area contributed by atoms with Gasteiger partial charge in [0.25, 0.3) is 0 Å². The number of carbonyl (C=O) groups excluding carboxylic acids is 1. The minimum absolute atomic E-state index is 0.0537. The lowest BCUT2D eigenvalue weighted by Gasteiger charge is -2.33. The number of nitriles is 1. The molecule has 23 heavy (non-hydrogen) atoms. The molecule has 1 heterocycles. The number of carbonyl (C=O) groups is 1. The molecule has 0 spiro atoms. The second-order valence-corrected chi connectivity index (χ2v) is 6.85. The summed E-state index contributed by atoms with van der Waals surface area (Å²) in [6, 6.07) is 10.0. The number of Topliss-reactive ketones (excluding diaryl/α,β-unsaturated/α-hetero) is 1. The van der Waals surface area contributed by atoms with E-state index in [0.717, 1.165) is 10.5 Å². The smallest absolute Gasteiger partial charge is 0.205 e. The third-order valence-electron chi connectivity index (χ3n) is 4.31. The van der Waals surface area contributed by atoms with Crippen LogP contribution >= 0.6 is 11.8 Å². The Bertz CT molecular complexity index is 756. The first-order valence-electron chi connectivity index (χ1n) is 7.53. The van der Waals surface area contributed by atoms with Crippen LogP contribution in [-0.2, 0) is 9.53 Å². The zero-order valence-electron chi connectivity index (χ0n) is 13.1. The normalized spacial score (nSPS) is 24.1. The van der Waals surface area contributed by atoms with E-state index >= 15 is 0 Å². The molecule has 0 fully saturated rings. The van der Waals surface area contributed by atoms with Crippen molar-refractivity contribution in [2.45, 2.75) is 30.6 Å². The number of ether oxygens (including phenoxy) is 1. The summed E-state index contributed by atoms with van der Waals surface area (Å²) in [6.45, 7) is 2.02. The topological polar surface area (TPSA) is 76.1 Å². The number of nitrogens with two attached hydrogens (primary N) is 1. The van der Waals surface area contributed by atoms with Gasteiger partial charge in [-0.1, -0.05) is 19.1 Å². The summed E-state index contributed by atoms with van der Waals surface area (Å²) in [5.74, 6) is 0.617. The Labute approximate surface area is 140 Å². The Balaban J connectivity index is 2.13. The zero-order valence-corrected chi connectivity index (χ0v) is 13.9. The van der Waals surface area contributed by atoms with Crippen molar-refractivity contribution < 1.29 is 9.53 Å². The third-order valence-corrected chi connectivity index (χ3v) is 5.06. The number of hydrogen-bond donors (Lipinski definition) is 1. The summed E-state index contributed by atoms with van der Waals surface area (Å²) in [5.41, 5.74) is 7.79. The maximum Gasteiger partial charge on any atom is 0.205 e. The van der Waals surface area contributed by atoms with Crippen molar-refractivity contribution in [3.63, 3.8) is 0 Å². The Kier molecular flexibility index (Phi) is 4.18.